The van der Waals surface area contributed by atoms with Crippen LogP contribution in [0.2, 0.25) is 0 Å². The van der Waals surface area contributed by atoms with Crippen molar-refractivity contribution in [2.75, 3.05) is 6.61 Å². The number of hydrogen-bond donors (Lipinski definition) is 0. The summed E-state index contributed by atoms with van der Waals surface area (Å²) in [5, 5.41) is 0. The molecule has 0 aromatic rings. The summed E-state index contributed by atoms with van der Waals surface area (Å²) >= 11 is 0. The van der Waals surface area contributed by atoms with E-state index in [1.165, 1.54) is 0 Å². The van der Waals surface area contributed by atoms with E-state index in [-0.39, 0.29) is 29.9 Å². The molecular weight excluding hydrogens is 196 g/mol. The Morgan fingerprint density at radius 3 is 3.00 bits per heavy atom. The monoisotopic (exact) mass is 210 g/mol. The molecule has 0 radical (unpaired) electrons. The van der Waals surface area contributed by atoms with Gasteiger partial charge in [0.05, 0.1) is 17.9 Å². The Labute approximate surface area is 87.9 Å². The Balaban J connectivity index is 1.99. The van der Waals surface area contributed by atoms with Crippen LogP contribution in [0.15, 0.2) is 0 Å². The SMILES string of the molecule is C[C@@]12C[C@@H](C[C@H]3C(=O)OCC[C@@H]31)OC2=O. The Morgan fingerprint density at radius 1 is 1.40 bits per heavy atom. The van der Waals surface area contributed by atoms with Crippen molar-refractivity contribution in [1.82, 2.24) is 0 Å². The van der Waals surface area contributed by atoms with E-state index >= 15 is 0 Å². The fourth-order valence-electron chi connectivity index (χ4n) is 3.38. The van der Waals surface area contributed by atoms with E-state index in [2.05, 4.69) is 0 Å². The molecule has 0 N–H and O–H groups in total. The van der Waals surface area contributed by atoms with Crippen LogP contribution in [0.1, 0.15) is 26.2 Å². The van der Waals surface area contributed by atoms with Crippen molar-refractivity contribution in [3.05, 3.63) is 0 Å². The summed E-state index contributed by atoms with van der Waals surface area (Å²) in [6, 6.07) is 0. The minimum Gasteiger partial charge on any atom is -0.465 e. The van der Waals surface area contributed by atoms with Gasteiger partial charge >= 0.3 is 11.9 Å². The summed E-state index contributed by atoms with van der Waals surface area (Å²) in [6.45, 7) is 2.39. The zero-order chi connectivity index (χ0) is 10.6. The molecule has 1 saturated carbocycles. The van der Waals surface area contributed by atoms with E-state index in [0.29, 0.717) is 13.0 Å². The normalized spacial score (nSPS) is 48.2. The van der Waals surface area contributed by atoms with Gasteiger partial charge in [-0.25, -0.2) is 0 Å². The van der Waals surface area contributed by atoms with Crippen LogP contribution in [0.5, 0.6) is 0 Å². The molecule has 2 aliphatic heterocycles. The summed E-state index contributed by atoms with van der Waals surface area (Å²) < 4.78 is 10.3. The summed E-state index contributed by atoms with van der Waals surface area (Å²) in [4.78, 5) is 23.4. The third-order valence-corrected chi connectivity index (χ3v) is 4.19. The lowest BCUT2D eigenvalue weighted by atomic mass is 9.61. The zero-order valence-corrected chi connectivity index (χ0v) is 8.69. The van der Waals surface area contributed by atoms with Crippen LogP contribution in [-0.4, -0.2) is 24.6 Å². The molecule has 15 heavy (non-hydrogen) atoms. The van der Waals surface area contributed by atoms with Gasteiger partial charge in [-0.3, -0.25) is 9.59 Å². The first-order valence-corrected chi connectivity index (χ1v) is 5.49. The maximum atomic E-state index is 11.8. The van der Waals surface area contributed by atoms with Gasteiger partial charge in [-0.15, -0.1) is 0 Å². The highest BCUT2D eigenvalue weighted by Gasteiger charge is 2.60. The van der Waals surface area contributed by atoms with Crippen LogP contribution in [0.4, 0.5) is 0 Å². The first-order valence-electron chi connectivity index (χ1n) is 5.49. The summed E-state index contributed by atoms with van der Waals surface area (Å²) in [5.41, 5.74) is -0.437. The van der Waals surface area contributed by atoms with Gasteiger partial charge < -0.3 is 9.47 Å². The van der Waals surface area contributed by atoms with Gasteiger partial charge in [0.15, 0.2) is 0 Å². The molecule has 82 valence electrons. The van der Waals surface area contributed by atoms with E-state index in [4.69, 9.17) is 9.47 Å². The van der Waals surface area contributed by atoms with Gasteiger partial charge in [0.2, 0.25) is 0 Å². The first-order chi connectivity index (χ1) is 7.11. The van der Waals surface area contributed by atoms with Crippen molar-refractivity contribution in [3.63, 3.8) is 0 Å². The molecule has 4 heteroatoms. The van der Waals surface area contributed by atoms with Crippen molar-refractivity contribution in [2.24, 2.45) is 17.3 Å². The standard InChI is InChI=1S/C11H14O4/c1-11-5-6(15-10(11)13)4-7-8(11)2-3-14-9(7)12/h6-8H,2-5H2,1H3/t6-,7-,8+,11-/m1/s1. The van der Waals surface area contributed by atoms with Crippen molar-refractivity contribution in [2.45, 2.75) is 32.3 Å². The molecule has 4 nitrogen and oxygen atoms in total. The number of carbonyl (C=O) groups is 2. The molecule has 2 bridgehead atoms. The molecule has 1 aliphatic carbocycles. The van der Waals surface area contributed by atoms with Crippen molar-refractivity contribution in [3.8, 4) is 0 Å². The number of hydrogen-bond acceptors (Lipinski definition) is 4. The molecule has 0 aromatic carbocycles. The molecule has 3 rings (SSSR count). The quantitative estimate of drug-likeness (QED) is 0.557. The van der Waals surface area contributed by atoms with E-state index in [9.17, 15) is 9.59 Å². The van der Waals surface area contributed by atoms with Crippen LogP contribution >= 0.6 is 0 Å². The van der Waals surface area contributed by atoms with Gasteiger partial charge in [-0.2, -0.15) is 0 Å². The van der Waals surface area contributed by atoms with Crippen LogP contribution in [-0.2, 0) is 19.1 Å². The maximum Gasteiger partial charge on any atom is 0.312 e. The predicted molar refractivity (Wildman–Crippen MR) is 49.8 cm³/mol. The highest BCUT2D eigenvalue weighted by molar-refractivity contribution is 5.83. The highest BCUT2D eigenvalue weighted by Crippen LogP contribution is 2.53. The minimum atomic E-state index is -0.437. The van der Waals surface area contributed by atoms with Gasteiger partial charge in [0.25, 0.3) is 0 Å². The molecule has 0 amide bonds. The Morgan fingerprint density at radius 2 is 2.20 bits per heavy atom. The summed E-state index contributed by atoms with van der Waals surface area (Å²) in [7, 11) is 0. The highest BCUT2D eigenvalue weighted by atomic mass is 16.6. The second kappa shape index (κ2) is 2.74. The van der Waals surface area contributed by atoms with Crippen molar-refractivity contribution >= 4 is 11.9 Å². The summed E-state index contributed by atoms with van der Waals surface area (Å²) in [5.74, 6) is -0.242. The van der Waals surface area contributed by atoms with E-state index in [1.807, 2.05) is 6.92 Å². The molecule has 0 unspecified atom stereocenters. The molecule has 2 heterocycles. The fourth-order valence-corrected chi connectivity index (χ4v) is 3.38. The Hall–Kier alpha value is -1.06. The first kappa shape index (κ1) is 9.19. The van der Waals surface area contributed by atoms with Crippen LogP contribution in [0.25, 0.3) is 0 Å². The topological polar surface area (TPSA) is 52.6 Å². The fraction of sp³-hybridized carbons (Fsp3) is 0.818. The van der Waals surface area contributed by atoms with Crippen LogP contribution in [0.3, 0.4) is 0 Å². The van der Waals surface area contributed by atoms with Crippen molar-refractivity contribution < 1.29 is 19.1 Å². The van der Waals surface area contributed by atoms with Gasteiger partial charge in [0, 0.05) is 6.42 Å². The molecule has 3 fully saturated rings. The number of rotatable bonds is 0. The third kappa shape index (κ3) is 1.08. The molecule has 3 aliphatic rings. The Bertz CT molecular complexity index is 337. The number of esters is 2. The number of carbonyl (C=O) groups excluding carboxylic acids is 2. The van der Waals surface area contributed by atoms with Gasteiger partial charge in [-0.1, -0.05) is 0 Å². The average Bonchev–Trinajstić information content (AvgIpc) is 2.42. The average molecular weight is 210 g/mol. The number of fused-ring (bicyclic) bond motifs is 4. The second-order valence-corrected chi connectivity index (χ2v) is 5.05. The second-order valence-electron chi connectivity index (χ2n) is 5.05. The Kier molecular flexibility index (Phi) is 1.68. The molecule has 4 atom stereocenters. The summed E-state index contributed by atoms with van der Waals surface area (Å²) in [6.07, 6.45) is 2.18. The molecule has 0 aromatic heterocycles. The zero-order valence-electron chi connectivity index (χ0n) is 8.69. The van der Waals surface area contributed by atoms with E-state index in [1.54, 1.807) is 0 Å². The van der Waals surface area contributed by atoms with Crippen LogP contribution < -0.4 is 0 Å². The minimum absolute atomic E-state index is 0.0607. The molecular formula is C11H14O4. The third-order valence-electron chi connectivity index (χ3n) is 4.19. The smallest absolute Gasteiger partial charge is 0.312 e. The predicted octanol–water partition coefficient (Wildman–Crippen LogP) is 0.891. The van der Waals surface area contributed by atoms with Gasteiger partial charge in [0.1, 0.15) is 6.10 Å². The molecule has 2 saturated heterocycles. The lowest BCUT2D eigenvalue weighted by molar-refractivity contribution is -0.164. The van der Waals surface area contributed by atoms with Crippen molar-refractivity contribution in [1.29, 1.82) is 0 Å². The van der Waals surface area contributed by atoms with Crippen LogP contribution in [0, 0.1) is 17.3 Å². The van der Waals surface area contributed by atoms with Gasteiger partial charge in [-0.05, 0) is 25.7 Å². The number of cyclic esters (lactones) is 1. The largest absolute Gasteiger partial charge is 0.465 e. The lowest BCUT2D eigenvalue weighted by Crippen LogP contribution is -2.46. The maximum absolute atomic E-state index is 11.8. The molecule has 0 spiro atoms. The lowest BCUT2D eigenvalue weighted by Gasteiger charge is -2.41. The van der Waals surface area contributed by atoms with E-state index < -0.39 is 5.41 Å². The number of ether oxygens (including phenoxy) is 2. The van der Waals surface area contributed by atoms with E-state index in [0.717, 1.165) is 12.8 Å².